The molecule has 0 atom stereocenters. The fourth-order valence-corrected chi connectivity index (χ4v) is 2.12. The second kappa shape index (κ2) is 4.45. The predicted octanol–water partition coefficient (Wildman–Crippen LogP) is 1.53. The van der Waals surface area contributed by atoms with Crippen LogP contribution in [-0.2, 0) is 11.3 Å². The van der Waals surface area contributed by atoms with Gasteiger partial charge in [-0.05, 0) is 28.8 Å². The van der Waals surface area contributed by atoms with Crippen molar-refractivity contribution in [1.29, 1.82) is 0 Å². The molecule has 0 aromatic carbocycles. The zero-order valence-corrected chi connectivity index (χ0v) is 10.2. The Morgan fingerprint density at radius 1 is 1.67 bits per heavy atom. The van der Waals surface area contributed by atoms with Crippen LogP contribution in [0.5, 0.6) is 0 Å². The van der Waals surface area contributed by atoms with E-state index >= 15 is 0 Å². The minimum absolute atomic E-state index is 0.0102. The molecule has 0 saturated heterocycles. The van der Waals surface area contributed by atoms with Crippen molar-refractivity contribution in [2.24, 2.45) is 0 Å². The van der Waals surface area contributed by atoms with Crippen LogP contribution >= 0.6 is 15.9 Å². The molecule has 4 nitrogen and oxygen atoms in total. The summed E-state index contributed by atoms with van der Waals surface area (Å²) in [4.78, 5) is 16.2. The van der Waals surface area contributed by atoms with E-state index in [-0.39, 0.29) is 5.56 Å². The van der Waals surface area contributed by atoms with Crippen molar-refractivity contribution in [3.8, 4) is 0 Å². The highest BCUT2D eigenvalue weighted by atomic mass is 79.9. The Hall–Kier alpha value is -0.680. The van der Waals surface area contributed by atoms with Gasteiger partial charge in [-0.2, -0.15) is 0 Å². The Morgan fingerprint density at radius 2 is 2.40 bits per heavy atom. The number of hydrogen-bond acceptors (Lipinski definition) is 3. The maximum absolute atomic E-state index is 11.8. The van der Waals surface area contributed by atoms with Crippen molar-refractivity contribution < 1.29 is 4.74 Å². The summed E-state index contributed by atoms with van der Waals surface area (Å²) in [5.74, 6) is 0.490. The van der Waals surface area contributed by atoms with Crippen molar-refractivity contribution >= 4 is 15.9 Å². The fraction of sp³-hybridized carbons (Fsp3) is 0.600. The lowest BCUT2D eigenvalue weighted by atomic mass is 10.3. The topological polar surface area (TPSA) is 44.1 Å². The molecular formula is C10H13BrN2O2. The van der Waals surface area contributed by atoms with Crippen LogP contribution in [0, 0.1) is 0 Å². The molecule has 1 aromatic heterocycles. The average Bonchev–Trinajstić information content (AvgIpc) is 3.04. The molecule has 0 N–H and O–H groups in total. The molecule has 0 unspecified atom stereocenters. The van der Waals surface area contributed by atoms with Gasteiger partial charge in [0.15, 0.2) is 0 Å². The summed E-state index contributed by atoms with van der Waals surface area (Å²) < 4.78 is 7.11. The number of methoxy groups -OCH3 is 1. The third-order valence-corrected chi connectivity index (χ3v) is 3.26. The van der Waals surface area contributed by atoms with Crippen molar-refractivity contribution in [2.75, 3.05) is 13.7 Å². The maximum Gasteiger partial charge on any atom is 0.267 e. The normalized spacial score (nSPS) is 15.6. The zero-order valence-electron chi connectivity index (χ0n) is 8.57. The van der Waals surface area contributed by atoms with Gasteiger partial charge in [0.1, 0.15) is 4.47 Å². The van der Waals surface area contributed by atoms with Crippen LogP contribution in [0.3, 0.4) is 0 Å². The molecule has 0 aliphatic heterocycles. The minimum Gasteiger partial charge on any atom is -0.383 e. The molecule has 1 heterocycles. The summed E-state index contributed by atoms with van der Waals surface area (Å²) in [7, 11) is 1.62. The molecule has 2 rings (SSSR count). The van der Waals surface area contributed by atoms with Gasteiger partial charge in [-0.1, -0.05) is 0 Å². The molecule has 1 aliphatic carbocycles. The van der Waals surface area contributed by atoms with Gasteiger partial charge in [0.2, 0.25) is 0 Å². The van der Waals surface area contributed by atoms with Gasteiger partial charge in [-0.3, -0.25) is 9.36 Å². The summed E-state index contributed by atoms with van der Waals surface area (Å²) in [5, 5.41) is 0. The first-order valence-electron chi connectivity index (χ1n) is 4.98. The molecule has 1 aromatic rings. The first kappa shape index (κ1) is 10.8. The molecular weight excluding hydrogens is 260 g/mol. The van der Waals surface area contributed by atoms with Crippen molar-refractivity contribution in [3.05, 3.63) is 26.8 Å². The first-order chi connectivity index (χ1) is 7.24. The quantitative estimate of drug-likeness (QED) is 0.835. The molecule has 1 aliphatic rings. The molecule has 1 fully saturated rings. The predicted molar refractivity (Wildman–Crippen MR) is 60.0 cm³/mol. The fourth-order valence-electron chi connectivity index (χ4n) is 1.47. The summed E-state index contributed by atoms with van der Waals surface area (Å²) in [5.41, 5.74) is 0.901. The number of rotatable bonds is 4. The van der Waals surface area contributed by atoms with Crippen LogP contribution in [0.1, 0.15) is 24.5 Å². The lowest BCUT2D eigenvalue weighted by molar-refractivity contribution is 0.185. The van der Waals surface area contributed by atoms with Crippen molar-refractivity contribution in [3.63, 3.8) is 0 Å². The van der Waals surface area contributed by atoms with Crippen LogP contribution < -0.4 is 5.56 Å². The van der Waals surface area contributed by atoms with Crippen LogP contribution in [0.4, 0.5) is 0 Å². The second-order valence-corrected chi connectivity index (χ2v) is 4.50. The zero-order chi connectivity index (χ0) is 10.8. The number of halogens is 1. The molecule has 0 bridgehead atoms. The van der Waals surface area contributed by atoms with E-state index in [1.807, 2.05) is 0 Å². The van der Waals surface area contributed by atoms with Gasteiger partial charge >= 0.3 is 0 Å². The van der Waals surface area contributed by atoms with E-state index in [0.717, 1.165) is 18.5 Å². The van der Waals surface area contributed by atoms with Gasteiger partial charge in [0.05, 0.1) is 25.2 Å². The molecule has 82 valence electrons. The molecule has 1 saturated carbocycles. The van der Waals surface area contributed by atoms with Crippen molar-refractivity contribution in [1.82, 2.24) is 9.55 Å². The van der Waals surface area contributed by atoms with Crippen LogP contribution in [-0.4, -0.2) is 23.3 Å². The molecule has 15 heavy (non-hydrogen) atoms. The van der Waals surface area contributed by atoms with Gasteiger partial charge in [-0.25, -0.2) is 4.98 Å². The largest absolute Gasteiger partial charge is 0.383 e. The SMILES string of the molecule is COCCn1cnc(C2CC2)c(Br)c1=O. The third kappa shape index (κ3) is 2.29. The second-order valence-electron chi connectivity index (χ2n) is 3.71. The van der Waals surface area contributed by atoms with Crippen LogP contribution in [0.15, 0.2) is 15.6 Å². The lowest BCUT2D eigenvalue weighted by Crippen LogP contribution is -2.24. The summed E-state index contributed by atoms with van der Waals surface area (Å²) in [6.07, 6.45) is 3.90. The number of aromatic nitrogens is 2. The summed E-state index contributed by atoms with van der Waals surface area (Å²) >= 11 is 3.33. The van der Waals surface area contributed by atoms with E-state index in [2.05, 4.69) is 20.9 Å². The van der Waals surface area contributed by atoms with E-state index in [1.165, 1.54) is 0 Å². The number of nitrogens with zero attached hydrogens (tertiary/aromatic N) is 2. The summed E-state index contributed by atoms with van der Waals surface area (Å²) in [6.45, 7) is 1.07. The van der Waals surface area contributed by atoms with Crippen LogP contribution in [0.25, 0.3) is 0 Å². The highest BCUT2D eigenvalue weighted by Gasteiger charge is 2.28. The minimum atomic E-state index is -0.0102. The summed E-state index contributed by atoms with van der Waals surface area (Å²) in [6, 6.07) is 0. The van der Waals surface area contributed by atoms with E-state index in [0.29, 0.717) is 23.5 Å². The van der Waals surface area contributed by atoms with E-state index in [1.54, 1.807) is 18.0 Å². The maximum atomic E-state index is 11.8. The van der Waals surface area contributed by atoms with E-state index < -0.39 is 0 Å². The van der Waals surface area contributed by atoms with Gasteiger partial charge in [-0.15, -0.1) is 0 Å². The first-order valence-corrected chi connectivity index (χ1v) is 5.77. The van der Waals surface area contributed by atoms with Crippen molar-refractivity contribution in [2.45, 2.75) is 25.3 Å². The number of ether oxygens (including phenoxy) is 1. The van der Waals surface area contributed by atoms with Gasteiger partial charge in [0.25, 0.3) is 5.56 Å². The molecule has 0 spiro atoms. The molecule has 0 radical (unpaired) electrons. The number of hydrogen-bond donors (Lipinski definition) is 0. The van der Waals surface area contributed by atoms with Gasteiger partial charge in [0, 0.05) is 13.0 Å². The van der Waals surface area contributed by atoms with E-state index in [9.17, 15) is 4.79 Å². The smallest absolute Gasteiger partial charge is 0.267 e. The Bertz CT molecular complexity index is 412. The van der Waals surface area contributed by atoms with E-state index in [4.69, 9.17) is 4.74 Å². The Kier molecular flexibility index (Phi) is 3.21. The standard InChI is InChI=1S/C10H13BrN2O2/c1-15-5-4-13-6-12-9(7-2-3-7)8(11)10(13)14/h6-7H,2-5H2,1H3. The average molecular weight is 273 g/mol. The highest BCUT2D eigenvalue weighted by molar-refractivity contribution is 9.10. The Balaban J connectivity index is 2.27. The van der Waals surface area contributed by atoms with Gasteiger partial charge < -0.3 is 4.74 Å². The molecule has 0 amide bonds. The Labute approximate surface area is 96.4 Å². The highest BCUT2D eigenvalue weighted by Crippen LogP contribution is 2.40. The third-order valence-electron chi connectivity index (χ3n) is 2.51. The Morgan fingerprint density at radius 3 is 3.00 bits per heavy atom. The van der Waals surface area contributed by atoms with Crippen LogP contribution in [0.2, 0.25) is 0 Å². The lowest BCUT2D eigenvalue weighted by Gasteiger charge is -2.07. The molecule has 5 heteroatoms. The monoisotopic (exact) mass is 272 g/mol.